The first kappa shape index (κ1) is 22.1. The molecule has 2 aromatic rings. The van der Waals surface area contributed by atoms with E-state index in [-0.39, 0.29) is 18.3 Å². The van der Waals surface area contributed by atoms with Gasteiger partial charge in [0.2, 0.25) is 0 Å². The summed E-state index contributed by atoms with van der Waals surface area (Å²) in [5.41, 5.74) is 1.94. The Kier molecular flexibility index (Phi) is 7.44. The normalized spacial score (nSPS) is 27.8. The summed E-state index contributed by atoms with van der Waals surface area (Å²) in [7, 11) is 0. The van der Waals surface area contributed by atoms with Crippen LogP contribution in [-0.2, 0) is 32.2 Å². The van der Waals surface area contributed by atoms with Crippen LogP contribution >= 0.6 is 0 Å². The molecule has 0 unspecified atom stereocenters. The molecule has 1 fully saturated rings. The third-order valence-corrected chi connectivity index (χ3v) is 6.33. The molecular weight excluding hydrogens is 388 g/mol. The molecule has 0 N–H and O–H groups in total. The lowest BCUT2D eigenvalue weighted by atomic mass is 9.81. The molecule has 0 aromatic heterocycles. The van der Waals surface area contributed by atoms with Gasteiger partial charge in [0.05, 0.1) is 25.1 Å². The van der Waals surface area contributed by atoms with E-state index in [2.05, 4.69) is 49.4 Å². The average Bonchev–Trinajstić information content (AvgIpc) is 2.79. The summed E-state index contributed by atoms with van der Waals surface area (Å²) in [5.74, 6) is 0.962. The van der Waals surface area contributed by atoms with Crippen LogP contribution in [0.3, 0.4) is 0 Å². The predicted molar refractivity (Wildman–Crippen MR) is 121 cm³/mol. The molecule has 4 nitrogen and oxygen atoms in total. The minimum absolute atomic E-state index is 0.00894. The van der Waals surface area contributed by atoms with E-state index in [0.717, 1.165) is 38.0 Å². The minimum atomic E-state index is -0.450. The van der Waals surface area contributed by atoms with E-state index in [0.29, 0.717) is 13.2 Å². The molecule has 1 saturated heterocycles. The number of benzene rings is 2. The largest absolute Gasteiger partial charge is 0.487 e. The highest BCUT2D eigenvalue weighted by atomic mass is 16.6. The zero-order chi connectivity index (χ0) is 21.5. The summed E-state index contributed by atoms with van der Waals surface area (Å²) in [6.07, 6.45) is 5.95. The summed E-state index contributed by atoms with van der Waals surface area (Å²) in [6.45, 7) is 6.15. The smallest absolute Gasteiger partial charge is 0.158 e. The topological polar surface area (TPSA) is 36.9 Å². The van der Waals surface area contributed by atoms with Crippen LogP contribution in [0, 0.1) is 0 Å². The Morgan fingerprint density at radius 2 is 1.65 bits per heavy atom. The van der Waals surface area contributed by atoms with Crippen molar-refractivity contribution in [3.05, 3.63) is 83.6 Å². The van der Waals surface area contributed by atoms with Gasteiger partial charge in [0.25, 0.3) is 0 Å². The van der Waals surface area contributed by atoms with Crippen molar-refractivity contribution in [1.29, 1.82) is 0 Å². The molecule has 0 saturated carbocycles. The third-order valence-electron chi connectivity index (χ3n) is 6.33. The number of allylic oxidation sites excluding steroid dienone is 1. The van der Waals surface area contributed by atoms with Crippen molar-refractivity contribution in [2.24, 2.45) is 0 Å². The van der Waals surface area contributed by atoms with Crippen LogP contribution in [0.25, 0.3) is 0 Å². The van der Waals surface area contributed by atoms with E-state index in [1.54, 1.807) is 0 Å². The van der Waals surface area contributed by atoms with Gasteiger partial charge in [-0.15, -0.1) is 0 Å². The maximum absolute atomic E-state index is 6.48. The van der Waals surface area contributed by atoms with Crippen LogP contribution in [0.2, 0.25) is 0 Å². The Bertz CT molecular complexity index is 835. The first-order valence-electron chi connectivity index (χ1n) is 11.4. The van der Waals surface area contributed by atoms with Gasteiger partial charge in [-0.05, 0) is 50.3 Å². The van der Waals surface area contributed by atoms with Crippen LogP contribution in [0.4, 0.5) is 0 Å². The van der Waals surface area contributed by atoms with E-state index in [9.17, 15) is 0 Å². The van der Waals surface area contributed by atoms with Gasteiger partial charge in [-0.25, -0.2) is 0 Å². The molecule has 166 valence electrons. The number of ether oxygens (including phenoxy) is 4. The number of hydrogen-bond donors (Lipinski definition) is 0. The highest BCUT2D eigenvalue weighted by Gasteiger charge is 2.51. The summed E-state index contributed by atoms with van der Waals surface area (Å²) in [6, 6.07) is 20.7. The van der Waals surface area contributed by atoms with Gasteiger partial charge in [-0.2, -0.15) is 0 Å². The fraction of sp³-hybridized carbons (Fsp3) is 0.481. The summed E-state index contributed by atoms with van der Waals surface area (Å²) in [4.78, 5) is 0. The molecule has 2 aliphatic heterocycles. The predicted octanol–water partition coefficient (Wildman–Crippen LogP) is 5.81. The van der Waals surface area contributed by atoms with Gasteiger partial charge < -0.3 is 18.9 Å². The summed E-state index contributed by atoms with van der Waals surface area (Å²) >= 11 is 0. The Hall–Kier alpha value is -2.14. The van der Waals surface area contributed by atoms with E-state index in [1.165, 1.54) is 11.1 Å². The number of fused-ring (bicyclic) bond motifs is 1. The van der Waals surface area contributed by atoms with E-state index in [1.807, 2.05) is 31.2 Å². The summed E-state index contributed by atoms with van der Waals surface area (Å²) < 4.78 is 25.1. The fourth-order valence-corrected chi connectivity index (χ4v) is 4.55. The maximum Gasteiger partial charge on any atom is 0.158 e. The van der Waals surface area contributed by atoms with Crippen molar-refractivity contribution in [3.63, 3.8) is 0 Å². The molecule has 2 heterocycles. The molecule has 4 rings (SSSR count). The Morgan fingerprint density at radius 3 is 2.35 bits per heavy atom. The minimum Gasteiger partial charge on any atom is -0.487 e. The third kappa shape index (κ3) is 5.76. The van der Waals surface area contributed by atoms with Crippen LogP contribution in [0.5, 0.6) is 0 Å². The van der Waals surface area contributed by atoms with Gasteiger partial charge in [-0.3, -0.25) is 0 Å². The van der Waals surface area contributed by atoms with Crippen LogP contribution in [-0.4, -0.2) is 30.5 Å². The van der Waals surface area contributed by atoms with Crippen molar-refractivity contribution in [2.75, 3.05) is 6.61 Å². The second-order valence-corrected chi connectivity index (χ2v) is 8.78. The van der Waals surface area contributed by atoms with Crippen molar-refractivity contribution in [3.8, 4) is 0 Å². The van der Waals surface area contributed by atoms with E-state index < -0.39 is 5.60 Å². The molecular formula is C27H34O4. The molecule has 4 heteroatoms. The SMILES string of the molecule is CC1=CC[C@H]2O[C@@H](CCCOCc3ccccc3)C[C@@H](OCc3ccccc3)[C@]2(C)O1. The molecule has 0 spiro atoms. The lowest BCUT2D eigenvalue weighted by Gasteiger charge is -2.50. The van der Waals surface area contributed by atoms with Gasteiger partial charge in [0.15, 0.2) is 5.60 Å². The van der Waals surface area contributed by atoms with Crippen molar-refractivity contribution in [2.45, 2.75) is 76.7 Å². The highest BCUT2D eigenvalue weighted by molar-refractivity contribution is 5.15. The first-order valence-corrected chi connectivity index (χ1v) is 11.4. The van der Waals surface area contributed by atoms with E-state index >= 15 is 0 Å². The van der Waals surface area contributed by atoms with Gasteiger partial charge >= 0.3 is 0 Å². The Labute approximate surface area is 186 Å². The van der Waals surface area contributed by atoms with Crippen LogP contribution < -0.4 is 0 Å². The second-order valence-electron chi connectivity index (χ2n) is 8.78. The monoisotopic (exact) mass is 422 g/mol. The molecule has 31 heavy (non-hydrogen) atoms. The fourth-order valence-electron chi connectivity index (χ4n) is 4.55. The molecule has 4 atom stereocenters. The Morgan fingerprint density at radius 1 is 0.968 bits per heavy atom. The molecule has 2 aliphatic rings. The highest BCUT2D eigenvalue weighted by Crippen LogP contribution is 2.41. The quantitative estimate of drug-likeness (QED) is 0.478. The summed E-state index contributed by atoms with van der Waals surface area (Å²) in [5, 5.41) is 0. The maximum atomic E-state index is 6.48. The number of rotatable bonds is 9. The standard InChI is InChI=1S/C27H34O4/c1-21-15-16-25-27(2,31-21)26(29-20-23-12-7-4-8-13-23)18-24(30-25)14-9-17-28-19-22-10-5-3-6-11-22/h3-8,10-13,15,24-26H,9,14,16-20H2,1-2H3/t24-,25+,26+,27+/m0/s1. The van der Waals surface area contributed by atoms with Gasteiger partial charge in [-0.1, -0.05) is 60.7 Å². The zero-order valence-corrected chi connectivity index (χ0v) is 18.7. The van der Waals surface area contributed by atoms with E-state index in [4.69, 9.17) is 18.9 Å². The first-order chi connectivity index (χ1) is 15.1. The lowest BCUT2D eigenvalue weighted by Crippen LogP contribution is -2.60. The lowest BCUT2D eigenvalue weighted by molar-refractivity contribution is -0.247. The van der Waals surface area contributed by atoms with Crippen LogP contribution in [0.1, 0.15) is 50.7 Å². The van der Waals surface area contributed by atoms with Gasteiger partial charge in [0, 0.05) is 13.0 Å². The zero-order valence-electron chi connectivity index (χ0n) is 18.7. The molecule has 0 amide bonds. The van der Waals surface area contributed by atoms with Crippen molar-refractivity contribution in [1.82, 2.24) is 0 Å². The van der Waals surface area contributed by atoms with Crippen molar-refractivity contribution >= 4 is 0 Å². The second kappa shape index (κ2) is 10.4. The molecule has 0 bridgehead atoms. The molecule has 2 aromatic carbocycles. The Balaban J connectivity index is 1.31. The molecule has 0 aliphatic carbocycles. The average molecular weight is 423 g/mol. The molecule has 0 radical (unpaired) electrons. The van der Waals surface area contributed by atoms with Gasteiger partial charge in [0.1, 0.15) is 12.2 Å². The van der Waals surface area contributed by atoms with Crippen molar-refractivity contribution < 1.29 is 18.9 Å². The van der Waals surface area contributed by atoms with Crippen LogP contribution in [0.15, 0.2) is 72.5 Å². The number of hydrogen-bond acceptors (Lipinski definition) is 4.